The number of hydrogen-bond acceptors (Lipinski definition) is 6. The molecule has 20 heavy (non-hydrogen) atoms. The van der Waals surface area contributed by atoms with Gasteiger partial charge in [0.15, 0.2) is 5.82 Å². The van der Waals surface area contributed by atoms with Gasteiger partial charge in [-0.25, -0.2) is 0 Å². The van der Waals surface area contributed by atoms with E-state index in [9.17, 15) is 4.79 Å². The standard InChI is InChI=1S/C13H17N3O3S/c1-8(2)5-10(13(17)18)14-6-11-15-12(19-16-11)9-3-4-20-7-9/h3-4,7-8,10,14H,5-6H2,1-2H3,(H,17,18). The maximum Gasteiger partial charge on any atom is 0.320 e. The van der Waals surface area contributed by atoms with Crippen LogP contribution in [0.5, 0.6) is 0 Å². The Kier molecular flexibility index (Phi) is 4.86. The molecule has 7 heteroatoms. The molecular formula is C13H17N3O3S. The fourth-order valence-corrected chi connectivity index (χ4v) is 2.42. The second kappa shape index (κ2) is 6.62. The molecular weight excluding hydrogens is 278 g/mol. The summed E-state index contributed by atoms with van der Waals surface area (Å²) < 4.78 is 5.14. The number of carboxylic acids is 1. The molecule has 0 saturated carbocycles. The topological polar surface area (TPSA) is 88.3 Å². The van der Waals surface area contributed by atoms with E-state index in [-0.39, 0.29) is 6.54 Å². The van der Waals surface area contributed by atoms with Gasteiger partial charge >= 0.3 is 5.97 Å². The quantitative estimate of drug-likeness (QED) is 0.815. The summed E-state index contributed by atoms with van der Waals surface area (Å²) in [5.41, 5.74) is 0.880. The van der Waals surface area contributed by atoms with Crippen LogP contribution in [0.4, 0.5) is 0 Å². The van der Waals surface area contributed by atoms with Crippen LogP contribution in [-0.4, -0.2) is 27.3 Å². The maximum atomic E-state index is 11.1. The summed E-state index contributed by atoms with van der Waals surface area (Å²) in [5, 5.41) is 19.8. The molecule has 2 rings (SSSR count). The number of carboxylic acid groups (broad SMARTS) is 1. The van der Waals surface area contributed by atoms with E-state index < -0.39 is 12.0 Å². The molecule has 0 aromatic carbocycles. The van der Waals surface area contributed by atoms with Crippen LogP contribution in [0.25, 0.3) is 11.5 Å². The summed E-state index contributed by atoms with van der Waals surface area (Å²) in [6, 6.07) is 1.30. The molecule has 0 fully saturated rings. The molecule has 1 unspecified atom stereocenters. The lowest BCUT2D eigenvalue weighted by atomic mass is 10.0. The Morgan fingerprint density at radius 3 is 2.95 bits per heavy atom. The molecule has 1 atom stereocenters. The number of carbonyl (C=O) groups is 1. The Morgan fingerprint density at radius 2 is 2.35 bits per heavy atom. The highest BCUT2D eigenvalue weighted by Gasteiger charge is 2.19. The second-order valence-electron chi connectivity index (χ2n) is 4.93. The number of aliphatic carboxylic acids is 1. The lowest BCUT2D eigenvalue weighted by molar-refractivity contribution is -0.140. The van der Waals surface area contributed by atoms with Crippen molar-refractivity contribution in [2.75, 3.05) is 0 Å². The SMILES string of the molecule is CC(C)CC(NCc1noc(-c2ccsc2)n1)C(=O)O. The minimum absolute atomic E-state index is 0.275. The van der Waals surface area contributed by atoms with Crippen LogP contribution in [-0.2, 0) is 11.3 Å². The molecule has 108 valence electrons. The Labute approximate surface area is 120 Å². The molecule has 2 heterocycles. The van der Waals surface area contributed by atoms with Gasteiger partial charge in [0, 0.05) is 5.38 Å². The van der Waals surface area contributed by atoms with Gasteiger partial charge in [-0.3, -0.25) is 10.1 Å². The van der Waals surface area contributed by atoms with Crippen molar-refractivity contribution in [2.45, 2.75) is 32.9 Å². The largest absolute Gasteiger partial charge is 0.480 e. The zero-order chi connectivity index (χ0) is 14.5. The summed E-state index contributed by atoms with van der Waals surface area (Å²) in [7, 11) is 0. The molecule has 0 aliphatic rings. The van der Waals surface area contributed by atoms with Crippen LogP contribution in [0.3, 0.4) is 0 Å². The number of nitrogens with zero attached hydrogens (tertiary/aromatic N) is 2. The van der Waals surface area contributed by atoms with Crippen molar-refractivity contribution in [3.05, 3.63) is 22.7 Å². The number of nitrogens with one attached hydrogen (secondary N) is 1. The van der Waals surface area contributed by atoms with Crippen LogP contribution in [0.2, 0.25) is 0 Å². The third kappa shape index (κ3) is 3.88. The molecule has 0 saturated heterocycles. The van der Waals surface area contributed by atoms with Gasteiger partial charge in [0.1, 0.15) is 6.04 Å². The lowest BCUT2D eigenvalue weighted by Gasteiger charge is -2.14. The van der Waals surface area contributed by atoms with E-state index in [1.807, 2.05) is 30.7 Å². The Bertz CT molecular complexity index is 551. The number of rotatable bonds is 7. The van der Waals surface area contributed by atoms with Gasteiger partial charge in [0.2, 0.25) is 0 Å². The Morgan fingerprint density at radius 1 is 1.55 bits per heavy atom. The van der Waals surface area contributed by atoms with Crippen molar-refractivity contribution in [3.63, 3.8) is 0 Å². The number of thiophene rings is 1. The van der Waals surface area contributed by atoms with Gasteiger partial charge in [-0.15, -0.1) is 0 Å². The van der Waals surface area contributed by atoms with E-state index in [0.717, 1.165) is 5.56 Å². The van der Waals surface area contributed by atoms with Crippen LogP contribution in [0.15, 0.2) is 21.3 Å². The van der Waals surface area contributed by atoms with Crippen LogP contribution in [0.1, 0.15) is 26.1 Å². The fraction of sp³-hybridized carbons (Fsp3) is 0.462. The molecule has 0 aliphatic carbocycles. The van der Waals surface area contributed by atoms with Crippen molar-refractivity contribution in [1.29, 1.82) is 0 Å². The smallest absolute Gasteiger partial charge is 0.320 e. The zero-order valence-electron chi connectivity index (χ0n) is 11.4. The zero-order valence-corrected chi connectivity index (χ0v) is 12.2. The van der Waals surface area contributed by atoms with Crippen molar-refractivity contribution in [1.82, 2.24) is 15.5 Å². The first kappa shape index (κ1) is 14.7. The minimum atomic E-state index is -0.861. The average Bonchev–Trinajstić information content (AvgIpc) is 3.03. The van der Waals surface area contributed by atoms with Gasteiger partial charge in [-0.1, -0.05) is 19.0 Å². The summed E-state index contributed by atoms with van der Waals surface area (Å²) in [5.74, 6) is 0.357. The van der Waals surface area contributed by atoms with Crippen molar-refractivity contribution in [3.8, 4) is 11.5 Å². The summed E-state index contributed by atoms with van der Waals surface area (Å²) >= 11 is 1.55. The minimum Gasteiger partial charge on any atom is -0.480 e. The predicted octanol–water partition coefficient (Wildman–Crippen LogP) is 2.39. The summed E-state index contributed by atoms with van der Waals surface area (Å²) in [6.45, 7) is 4.25. The highest BCUT2D eigenvalue weighted by atomic mass is 32.1. The second-order valence-corrected chi connectivity index (χ2v) is 5.71. The average molecular weight is 295 g/mol. The molecule has 2 N–H and O–H groups in total. The van der Waals surface area contributed by atoms with Crippen LogP contribution >= 0.6 is 11.3 Å². The molecule has 6 nitrogen and oxygen atoms in total. The summed E-state index contributed by atoms with van der Waals surface area (Å²) in [6.07, 6.45) is 0.560. The Hall–Kier alpha value is -1.73. The molecule has 2 aromatic heterocycles. The van der Waals surface area contributed by atoms with Gasteiger partial charge in [-0.2, -0.15) is 16.3 Å². The highest BCUT2D eigenvalue weighted by molar-refractivity contribution is 7.08. The third-order valence-electron chi connectivity index (χ3n) is 2.75. The third-order valence-corrected chi connectivity index (χ3v) is 3.43. The highest BCUT2D eigenvalue weighted by Crippen LogP contribution is 2.19. The molecule has 0 amide bonds. The van der Waals surface area contributed by atoms with E-state index in [1.165, 1.54) is 0 Å². The maximum absolute atomic E-state index is 11.1. The molecule has 0 spiro atoms. The van der Waals surface area contributed by atoms with Gasteiger partial charge in [0.05, 0.1) is 12.1 Å². The molecule has 0 radical (unpaired) electrons. The van der Waals surface area contributed by atoms with Crippen LogP contribution < -0.4 is 5.32 Å². The van der Waals surface area contributed by atoms with E-state index in [0.29, 0.717) is 24.1 Å². The van der Waals surface area contributed by atoms with Gasteiger partial charge < -0.3 is 9.63 Å². The first-order chi connectivity index (χ1) is 9.56. The molecule has 2 aromatic rings. The van der Waals surface area contributed by atoms with Crippen LogP contribution in [0, 0.1) is 5.92 Å². The lowest BCUT2D eigenvalue weighted by Crippen LogP contribution is -2.37. The van der Waals surface area contributed by atoms with Crippen molar-refractivity contribution >= 4 is 17.3 Å². The van der Waals surface area contributed by atoms with E-state index >= 15 is 0 Å². The van der Waals surface area contributed by atoms with Gasteiger partial charge in [-0.05, 0) is 23.8 Å². The monoisotopic (exact) mass is 295 g/mol. The molecule has 0 bridgehead atoms. The van der Waals surface area contributed by atoms with Crippen molar-refractivity contribution in [2.24, 2.45) is 5.92 Å². The Balaban J connectivity index is 1.95. The van der Waals surface area contributed by atoms with Crippen molar-refractivity contribution < 1.29 is 14.4 Å². The number of aromatic nitrogens is 2. The van der Waals surface area contributed by atoms with E-state index in [1.54, 1.807) is 11.3 Å². The first-order valence-corrected chi connectivity index (χ1v) is 7.32. The molecule has 0 aliphatic heterocycles. The van der Waals surface area contributed by atoms with E-state index in [4.69, 9.17) is 9.63 Å². The summed E-state index contributed by atoms with van der Waals surface area (Å²) in [4.78, 5) is 15.4. The predicted molar refractivity (Wildman–Crippen MR) is 75.3 cm³/mol. The number of hydrogen-bond donors (Lipinski definition) is 2. The van der Waals surface area contributed by atoms with Gasteiger partial charge in [0.25, 0.3) is 5.89 Å². The normalized spacial score (nSPS) is 12.8. The van der Waals surface area contributed by atoms with E-state index in [2.05, 4.69) is 15.5 Å². The first-order valence-electron chi connectivity index (χ1n) is 6.37. The fourth-order valence-electron chi connectivity index (χ4n) is 1.79.